The normalized spacial score (nSPS) is 15.6. The van der Waals surface area contributed by atoms with Crippen LogP contribution in [0, 0.1) is 13.8 Å². The number of aromatic hydroxyl groups is 2. The monoisotopic (exact) mass is 857 g/mol. The first-order valence-corrected chi connectivity index (χ1v) is 21.4. The molecule has 0 amide bonds. The molecule has 0 aliphatic heterocycles. The zero-order valence-electron chi connectivity index (χ0n) is 31.9. The van der Waals surface area contributed by atoms with Gasteiger partial charge < -0.3 is 15.7 Å². The molecule has 7 heteroatoms. The Morgan fingerprint density at radius 2 is 0.825 bits per heavy atom. The SMILES string of the molecule is Cc1ccc2ccccc2c1-c1c(O)c(C=N[C@@H]2CCCC[C@H]2N=Cc2cc3ccccc3c(-c3c(C)ccc4ccccc34)c2O)cc2ccccc12.O.[Cl][Ru]. The summed E-state index contributed by atoms with van der Waals surface area (Å²) in [6.07, 6.45) is 7.69. The van der Waals surface area contributed by atoms with Gasteiger partial charge in [0.2, 0.25) is 0 Å². The van der Waals surface area contributed by atoms with Gasteiger partial charge in [-0.15, -0.1) is 0 Å². The van der Waals surface area contributed by atoms with Crippen LogP contribution in [0.1, 0.15) is 47.9 Å². The summed E-state index contributed by atoms with van der Waals surface area (Å²) in [6, 6.07) is 45.8. The van der Waals surface area contributed by atoms with Crippen molar-refractivity contribution in [2.75, 3.05) is 0 Å². The fourth-order valence-corrected chi connectivity index (χ4v) is 8.64. The molecule has 8 aromatic rings. The van der Waals surface area contributed by atoms with E-state index in [1.54, 1.807) is 0 Å². The zero-order chi connectivity index (χ0) is 38.8. The molecular formula is C50H44ClN2O3Ru. The molecule has 1 aliphatic rings. The van der Waals surface area contributed by atoms with Crippen molar-refractivity contribution < 1.29 is 33.0 Å². The number of hydrogen-bond donors (Lipinski definition) is 2. The number of benzene rings is 8. The first kappa shape index (κ1) is 39.8. The van der Waals surface area contributed by atoms with Crippen molar-refractivity contribution in [3.05, 3.63) is 156 Å². The topological polar surface area (TPSA) is 96.7 Å². The molecule has 9 rings (SSSR count). The molecule has 1 saturated carbocycles. The van der Waals surface area contributed by atoms with Gasteiger partial charge in [-0.1, -0.05) is 134 Å². The zero-order valence-corrected chi connectivity index (χ0v) is 34.4. The Morgan fingerprint density at radius 3 is 1.21 bits per heavy atom. The van der Waals surface area contributed by atoms with Crippen LogP contribution in [0.4, 0.5) is 0 Å². The number of nitrogens with zero attached hydrogens (tertiary/aromatic N) is 2. The van der Waals surface area contributed by atoms with Gasteiger partial charge in [0, 0.05) is 34.7 Å². The summed E-state index contributed by atoms with van der Waals surface area (Å²) >= 11 is 1.82. The van der Waals surface area contributed by atoms with Crippen molar-refractivity contribution in [3.8, 4) is 33.8 Å². The van der Waals surface area contributed by atoms with Crippen LogP contribution in [0.25, 0.3) is 65.3 Å². The predicted octanol–water partition coefficient (Wildman–Crippen LogP) is 12.4. The Bertz CT molecular complexity index is 2620. The van der Waals surface area contributed by atoms with Crippen molar-refractivity contribution in [2.24, 2.45) is 9.98 Å². The third-order valence-corrected chi connectivity index (χ3v) is 11.4. The Kier molecular flexibility index (Phi) is 12.2. The van der Waals surface area contributed by atoms with Crippen molar-refractivity contribution in [3.63, 3.8) is 0 Å². The van der Waals surface area contributed by atoms with E-state index in [9.17, 15) is 10.2 Å². The first-order valence-electron chi connectivity index (χ1n) is 19.1. The van der Waals surface area contributed by atoms with Crippen LogP contribution in [0.15, 0.2) is 143 Å². The Morgan fingerprint density at radius 1 is 0.491 bits per heavy atom. The van der Waals surface area contributed by atoms with Crippen LogP contribution in [-0.4, -0.2) is 40.2 Å². The summed E-state index contributed by atoms with van der Waals surface area (Å²) < 4.78 is 0. The first-order chi connectivity index (χ1) is 27.5. The summed E-state index contributed by atoms with van der Waals surface area (Å²) in [5.74, 6) is 0.482. The van der Waals surface area contributed by atoms with Gasteiger partial charge in [0.05, 0.1) is 12.1 Å². The van der Waals surface area contributed by atoms with Crippen LogP contribution in [-0.2, 0) is 17.3 Å². The number of aryl methyl sites for hydroxylation is 2. The van der Waals surface area contributed by atoms with Gasteiger partial charge in [0.15, 0.2) is 0 Å². The standard InChI is InChI=1S/C50H42N2O2.ClH.H2O.Ru/c1-31-23-25-33-13-3-7-17-39(33)45(31)47-41-19-9-5-15-35(41)27-37(49(47)53)29-51-43-21-11-12-22-44(43)52-30-38-28-36-16-6-10-20-42(36)48(50(38)54)46-32(2)24-26-34-14-4-8-18-40(34)46;;;/h3-10,13-20,23-30,43-44,53-54H,11-12,21-22H2,1-2H3;1H;1H2;/q;;;+1/p-1/t43-,44-;;;/m1.../s1. The number of phenols is 2. The van der Waals surface area contributed by atoms with Crippen molar-refractivity contribution >= 4 is 65.2 Å². The van der Waals surface area contributed by atoms with E-state index >= 15 is 0 Å². The van der Waals surface area contributed by atoms with Crippen molar-refractivity contribution in [1.82, 2.24) is 0 Å². The van der Waals surface area contributed by atoms with E-state index in [1.807, 2.05) is 66.1 Å². The molecule has 8 aromatic carbocycles. The van der Waals surface area contributed by atoms with Gasteiger partial charge in [-0.2, -0.15) is 0 Å². The average Bonchev–Trinajstić information content (AvgIpc) is 3.24. The van der Waals surface area contributed by atoms with Gasteiger partial charge >= 0.3 is 27.0 Å². The predicted molar refractivity (Wildman–Crippen MR) is 237 cm³/mol. The summed E-state index contributed by atoms with van der Waals surface area (Å²) in [5, 5.41) is 32.7. The van der Waals surface area contributed by atoms with E-state index < -0.39 is 0 Å². The van der Waals surface area contributed by atoms with Crippen LogP contribution >= 0.6 is 9.69 Å². The summed E-state index contributed by atoms with van der Waals surface area (Å²) in [4.78, 5) is 10.3. The molecule has 0 spiro atoms. The van der Waals surface area contributed by atoms with Gasteiger partial charge in [-0.05, 0) is 104 Å². The molecule has 0 radical (unpaired) electrons. The molecule has 2 atom stereocenters. The van der Waals surface area contributed by atoms with Crippen molar-refractivity contribution in [1.29, 1.82) is 0 Å². The number of hydrogen-bond acceptors (Lipinski definition) is 4. The van der Waals surface area contributed by atoms with Crippen LogP contribution in [0.5, 0.6) is 11.5 Å². The fraction of sp³-hybridized carbons (Fsp3) is 0.160. The second-order valence-corrected chi connectivity index (χ2v) is 14.8. The molecule has 57 heavy (non-hydrogen) atoms. The maximum atomic E-state index is 12.0. The summed E-state index contributed by atoms with van der Waals surface area (Å²) in [5.41, 5.74) is 7.40. The molecule has 5 nitrogen and oxygen atoms in total. The second-order valence-electron chi connectivity index (χ2n) is 14.8. The minimum atomic E-state index is -0.0500. The average molecular weight is 857 g/mol. The van der Waals surface area contributed by atoms with Gasteiger partial charge in [0.25, 0.3) is 0 Å². The van der Waals surface area contributed by atoms with Crippen molar-refractivity contribution in [2.45, 2.75) is 51.6 Å². The molecule has 1 fully saturated rings. The van der Waals surface area contributed by atoms with E-state index in [1.165, 1.54) is 0 Å². The minimum absolute atomic E-state index is 0. The third kappa shape index (κ3) is 7.58. The molecular weight excluding hydrogens is 813 g/mol. The number of rotatable bonds is 6. The summed E-state index contributed by atoms with van der Waals surface area (Å²) in [6.45, 7) is 4.22. The number of phenolic OH excluding ortho intramolecular Hbond substituents is 2. The fourth-order valence-electron chi connectivity index (χ4n) is 8.64. The van der Waals surface area contributed by atoms with Gasteiger partial charge in [-0.25, -0.2) is 0 Å². The van der Waals surface area contributed by atoms with E-state index in [2.05, 4.69) is 121 Å². The van der Waals surface area contributed by atoms with Crippen LogP contribution in [0.3, 0.4) is 0 Å². The maximum absolute atomic E-state index is 12.0. The van der Waals surface area contributed by atoms with Crippen LogP contribution in [0.2, 0.25) is 0 Å². The Balaban J connectivity index is 0.00000163. The van der Waals surface area contributed by atoms with E-state index in [0.717, 1.165) is 102 Å². The number of fused-ring (bicyclic) bond motifs is 4. The Hall–Kier alpha value is -5.39. The van der Waals surface area contributed by atoms with Gasteiger partial charge in [-0.3, -0.25) is 9.98 Å². The molecule has 0 bridgehead atoms. The molecule has 0 heterocycles. The molecule has 0 aromatic heterocycles. The quantitative estimate of drug-likeness (QED) is 0.129. The van der Waals surface area contributed by atoms with E-state index in [4.69, 9.17) is 9.98 Å². The van der Waals surface area contributed by atoms with E-state index in [-0.39, 0.29) is 29.1 Å². The second kappa shape index (κ2) is 17.4. The molecule has 287 valence electrons. The van der Waals surface area contributed by atoms with Gasteiger partial charge in [0.1, 0.15) is 11.5 Å². The molecule has 0 unspecified atom stereocenters. The van der Waals surface area contributed by atoms with Crippen LogP contribution < -0.4 is 0 Å². The Labute approximate surface area is 347 Å². The molecule has 4 N–H and O–H groups in total. The molecule has 0 saturated heterocycles. The third-order valence-electron chi connectivity index (χ3n) is 11.4. The number of halogens is 1. The summed E-state index contributed by atoms with van der Waals surface area (Å²) in [7, 11) is 4.57. The molecule has 1 aliphatic carbocycles. The van der Waals surface area contributed by atoms with E-state index in [0.29, 0.717) is 11.1 Å². The number of aliphatic imine (C=N–C) groups is 2.